The van der Waals surface area contributed by atoms with Gasteiger partial charge in [-0.15, -0.1) is 0 Å². The number of hydrogen-bond donors (Lipinski definition) is 9. The second kappa shape index (κ2) is 16.3. The van der Waals surface area contributed by atoms with Crippen LogP contribution in [0.2, 0.25) is 0 Å². The summed E-state index contributed by atoms with van der Waals surface area (Å²) in [7, 11) is 0. The molecule has 19 heteroatoms. The molecule has 255 valence electrons. The minimum absolute atomic E-state index is 0. The summed E-state index contributed by atoms with van der Waals surface area (Å²) in [5.74, 6) is -11.9. The van der Waals surface area contributed by atoms with E-state index in [0.717, 1.165) is 36.4 Å². The zero-order chi connectivity index (χ0) is 35.1. The summed E-state index contributed by atoms with van der Waals surface area (Å²) in [6.07, 6.45) is 0. The maximum Gasteiger partial charge on any atom is 0.332 e. The van der Waals surface area contributed by atoms with Crippen molar-refractivity contribution in [1.29, 1.82) is 0 Å². The molecule has 0 saturated carbocycles. The van der Waals surface area contributed by atoms with Gasteiger partial charge in [0.2, 0.25) is 0 Å². The van der Waals surface area contributed by atoms with Crippen LogP contribution in [0.25, 0.3) is 0 Å². The van der Waals surface area contributed by atoms with Gasteiger partial charge in [0.15, 0.2) is 52.6 Å². The van der Waals surface area contributed by atoms with E-state index in [1.807, 2.05) is 0 Å². The summed E-state index contributed by atoms with van der Waals surface area (Å²) in [5, 5.41) is 65.9. The van der Waals surface area contributed by atoms with Crippen LogP contribution in [0.4, 0.5) is 0 Å². The van der Waals surface area contributed by atoms with Crippen LogP contribution in [0.15, 0.2) is 54.6 Å². The Morgan fingerprint density at radius 1 is 0.490 bits per heavy atom. The zero-order valence-corrected chi connectivity index (χ0v) is 26.8. The molecule has 0 unspecified atom stereocenters. The molecule has 1 fully saturated rings. The van der Waals surface area contributed by atoms with Crippen molar-refractivity contribution in [3.05, 3.63) is 71.3 Å². The van der Waals surface area contributed by atoms with Crippen molar-refractivity contribution in [2.45, 2.75) is 18.1 Å². The second-order valence-electron chi connectivity index (χ2n) is 9.99. The fourth-order valence-electron chi connectivity index (χ4n) is 4.16. The molecule has 1 heterocycles. The van der Waals surface area contributed by atoms with Gasteiger partial charge in [-0.25, -0.2) is 14.4 Å². The number of para-hydroxylation sites is 3. The van der Waals surface area contributed by atoms with Crippen LogP contribution in [0, 0.1) is 0 Å². The maximum absolute atomic E-state index is 13.1. The first-order chi connectivity index (χ1) is 22.8. The summed E-state index contributed by atoms with van der Waals surface area (Å²) in [6, 6.07) is 4.64. The van der Waals surface area contributed by atoms with E-state index in [-0.39, 0.29) is 25.8 Å². The normalized spacial score (nSPS) is 18.1. The van der Waals surface area contributed by atoms with Crippen molar-refractivity contribution in [2.75, 3.05) is 19.8 Å². The maximum atomic E-state index is 13.1. The fraction of sp³-hybridized carbons (Fsp3) is 0.200. The van der Waals surface area contributed by atoms with E-state index in [4.69, 9.17) is 14.2 Å². The molecule has 3 aromatic carbocycles. The molecule has 0 aromatic heterocycles. The number of aromatic hydroxyl groups is 6. The molecule has 1 aliphatic heterocycles. The summed E-state index contributed by atoms with van der Waals surface area (Å²) in [6.45, 7) is -2.85. The van der Waals surface area contributed by atoms with Gasteiger partial charge in [0.05, 0.1) is 16.7 Å². The predicted molar refractivity (Wildman–Crippen MR) is 156 cm³/mol. The molecular formula is C30H27N3O15Sc. The summed E-state index contributed by atoms with van der Waals surface area (Å²) in [4.78, 5) is 77.9. The number of esters is 3. The first-order valence-corrected chi connectivity index (χ1v) is 13.7. The molecule has 3 atom stereocenters. The van der Waals surface area contributed by atoms with Crippen molar-refractivity contribution in [1.82, 2.24) is 16.0 Å². The van der Waals surface area contributed by atoms with Crippen LogP contribution < -0.4 is 16.0 Å². The molecule has 3 aromatic rings. The SMILES string of the molecule is O=C(N[C@H]1COC(=O)[C@@H](NC(=O)c2cccc(O)c2O)COC(=O)[C@@H](NC(=O)c2cccc(O)c2O)COC1=O)c1cccc(O)c1O.[Sc]. The average molecular weight is 715 g/mol. The van der Waals surface area contributed by atoms with Gasteiger partial charge in [-0.2, -0.15) is 0 Å². The Kier molecular flexibility index (Phi) is 12.5. The van der Waals surface area contributed by atoms with Crippen molar-refractivity contribution < 1.29 is 99.5 Å². The Labute approximate surface area is 294 Å². The third kappa shape index (κ3) is 8.95. The zero-order valence-electron chi connectivity index (χ0n) is 25.0. The number of carbonyl (C=O) groups is 6. The van der Waals surface area contributed by atoms with Crippen molar-refractivity contribution in [2.24, 2.45) is 0 Å². The van der Waals surface area contributed by atoms with E-state index in [0.29, 0.717) is 0 Å². The molecule has 18 nitrogen and oxygen atoms in total. The largest absolute Gasteiger partial charge is 0.504 e. The van der Waals surface area contributed by atoms with Crippen LogP contribution >= 0.6 is 0 Å². The fourth-order valence-corrected chi connectivity index (χ4v) is 4.16. The molecule has 49 heavy (non-hydrogen) atoms. The van der Waals surface area contributed by atoms with Gasteiger partial charge in [0, 0.05) is 25.8 Å². The van der Waals surface area contributed by atoms with Crippen LogP contribution in [0.5, 0.6) is 34.5 Å². The number of phenols is 6. The van der Waals surface area contributed by atoms with Gasteiger partial charge in [-0.1, -0.05) is 18.2 Å². The van der Waals surface area contributed by atoms with Gasteiger partial charge in [0.25, 0.3) is 17.7 Å². The Balaban J connectivity index is 0.00000650. The first-order valence-electron chi connectivity index (χ1n) is 13.7. The summed E-state index contributed by atoms with van der Waals surface area (Å²) in [5.41, 5.74) is -1.47. The number of nitrogens with one attached hydrogen (secondary N) is 3. The van der Waals surface area contributed by atoms with Gasteiger partial charge in [-0.3, -0.25) is 14.4 Å². The Bertz CT molecular complexity index is 1580. The van der Waals surface area contributed by atoms with Gasteiger partial charge < -0.3 is 60.8 Å². The number of phenolic OH excluding ortho intramolecular Hbond substituents is 6. The first kappa shape index (κ1) is 37.6. The second-order valence-corrected chi connectivity index (χ2v) is 9.99. The molecule has 3 amide bonds. The molecule has 0 bridgehead atoms. The monoisotopic (exact) mass is 714 g/mol. The number of rotatable bonds is 6. The van der Waals surface area contributed by atoms with E-state index in [9.17, 15) is 59.4 Å². The van der Waals surface area contributed by atoms with E-state index in [1.54, 1.807) is 0 Å². The van der Waals surface area contributed by atoms with Crippen molar-refractivity contribution in [3.8, 4) is 34.5 Å². The van der Waals surface area contributed by atoms with E-state index >= 15 is 0 Å². The molecular weight excluding hydrogens is 687 g/mol. The summed E-state index contributed by atoms with van der Waals surface area (Å²) >= 11 is 0. The molecule has 1 saturated heterocycles. The number of benzene rings is 3. The van der Waals surface area contributed by atoms with Gasteiger partial charge in [0.1, 0.15) is 19.8 Å². The summed E-state index contributed by atoms with van der Waals surface area (Å²) < 4.78 is 15.3. The molecule has 0 spiro atoms. The smallest absolute Gasteiger partial charge is 0.332 e. The minimum atomic E-state index is -1.84. The van der Waals surface area contributed by atoms with E-state index in [2.05, 4.69) is 16.0 Å². The number of amides is 3. The minimum Gasteiger partial charge on any atom is -0.504 e. The van der Waals surface area contributed by atoms with Gasteiger partial charge >= 0.3 is 17.9 Å². The number of cyclic esters (lactones) is 3. The van der Waals surface area contributed by atoms with Crippen LogP contribution in [-0.2, 0) is 54.4 Å². The molecule has 0 aliphatic carbocycles. The van der Waals surface area contributed by atoms with Crippen LogP contribution in [0.3, 0.4) is 0 Å². The molecule has 4 rings (SSSR count). The van der Waals surface area contributed by atoms with Crippen molar-refractivity contribution >= 4 is 35.6 Å². The third-order valence-corrected chi connectivity index (χ3v) is 6.72. The van der Waals surface area contributed by atoms with Crippen LogP contribution in [-0.4, -0.2) is 104 Å². The van der Waals surface area contributed by atoms with E-state index < -0.39 is 125 Å². The Morgan fingerprint density at radius 3 is 0.980 bits per heavy atom. The molecule has 9 N–H and O–H groups in total. The van der Waals surface area contributed by atoms with Crippen molar-refractivity contribution in [3.63, 3.8) is 0 Å². The van der Waals surface area contributed by atoms with Crippen LogP contribution in [0.1, 0.15) is 31.1 Å². The average Bonchev–Trinajstić information content (AvgIpc) is 3.05. The van der Waals surface area contributed by atoms with E-state index in [1.165, 1.54) is 18.2 Å². The molecule has 1 radical (unpaired) electrons. The standard InChI is InChI=1S/C30H27N3O15.Sc/c34-19-7-1-4-13(22(19)37)25(40)31-16-10-46-29(44)18(33-27(42)15-6-3-9-21(36)24(15)39)12-48-30(45)17(11-47-28(16)43)32-26(41)14-5-2-8-20(35)23(14)38;/h1-9,16-18,34-39H,10-12H2,(H,31,40)(H,32,41)(H,33,42);/t16-,17-,18-;/m0./s1. The number of hydrogen-bond acceptors (Lipinski definition) is 15. The predicted octanol–water partition coefficient (Wildman–Crippen LogP) is -0.744. The topological polar surface area (TPSA) is 288 Å². The number of carbonyl (C=O) groups excluding carboxylic acids is 6. The third-order valence-electron chi connectivity index (χ3n) is 6.72. The molecule has 1 aliphatic rings. The Morgan fingerprint density at radius 2 is 0.735 bits per heavy atom. The quantitative estimate of drug-likeness (QED) is 0.0863. The Hall–Kier alpha value is -5.85. The van der Waals surface area contributed by atoms with Gasteiger partial charge in [-0.05, 0) is 36.4 Å². The number of ether oxygens (including phenoxy) is 3.